The molecule has 0 fully saturated rings. The van der Waals surface area contributed by atoms with Gasteiger partial charge in [-0.1, -0.05) is 12.1 Å². The van der Waals surface area contributed by atoms with Crippen LogP contribution in [0.25, 0.3) is 0 Å². The lowest BCUT2D eigenvalue weighted by Gasteiger charge is -2.13. The summed E-state index contributed by atoms with van der Waals surface area (Å²) in [7, 11) is 2.98. The van der Waals surface area contributed by atoms with Crippen LogP contribution < -0.4 is 10.5 Å². The first-order valence-electron chi connectivity index (χ1n) is 5.05. The van der Waals surface area contributed by atoms with E-state index in [1.165, 1.54) is 7.11 Å². The second-order valence-electron chi connectivity index (χ2n) is 3.62. The standard InChI is InChI=1S/C12H17NO3.ClH/c1-8-6-9(4-5-11(8)15-2)10(13)7-12(14)16-3;/h4-6,10H,7,13H2,1-3H3;1H/t10-;/m0./s1. The van der Waals surface area contributed by atoms with Gasteiger partial charge in [-0.15, -0.1) is 12.4 Å². The molecule has 0 radical (unpaired) electrons. The molecule has 0 spiro atoms. The first-order chi connectivity index (χ1) is 7.58. The molecule has 1 rings (SSSR count). The number of hydrogen-bond donors (Lipinski definition) is 1. The van der Waals surface area contributed by atoms with Crippen molar-refractivity contribution in [2.75, 3.05) is 14.2 Å². The quantitative estimate of drug-likeness (QED) is 0.840. The van der Waals surface area contributed by atoms with Gasteiger partial charge in [0, 0.05) is 6.04 Å². The number of aryl methyl sites for hydroxylation is 1. The molecule has 0 heterocycles. The minimum absolute atomic E-state index is 0. The van der Waals surface area contributed by atoms with Crippen molar-refractivity contribution >= 4 is 18.4 Å². The van der Waals surface area contributed by atoms with Gasteiger partial charge in [0.05, 0.1) is 20.6 Å². The van der Waals surface area contributed by atoms with Crippen LogP contribution in [0.2, 0.25) is 0 Å². The predicted molar refractivity (Wildman–Crippen MR) is 68.5 cm³/mol. The van der Waals surface area contributed by atoms with E-state index in [0.717, 1.165) is 16.9 Å². The highest BCUT2D eigenvalue weighted by Crippen LogP contribution is 2.23. The third kappa shape index (κ3) is 4.24. The molecule has 0 saturated heterocycles. The van der Waals surface area contributed by atoms with Gasteiger partial charge in [0.2, 0.25) is 0 Å². The van der Waals surface area contributed by atoms with Crippen molar-refractivity contribution in [1.29, 1.82) is 0 Å². The lowest BCUT2D eigenvalue weighted by molar-refractivity contribution is -0.141. The molecule has 5 heteroatoms. The van der Waals surface area contributed by atoms with Crippen molar-refractivity contribution in [3.8, 4) is 5.75 Å². The Bertz CT molecular complexity index is 382. The van der Waals surface area contributed by atoms with Crippen LogP contribution in [0.1, 0.15) is 23.6 Å². The molecule has 1 atom stereocenters. The number of benzene rings is 1. The minimum atomic E-state index is -0.336. The van der Waals surface area contributed by atoms with Gasteiger partial charge in [-0.3, -0.25) is 4.79 Å². The lowest BCUT2D eigenvalue weighted by Crippen LogP contribution is -2.16. The molecule has 1 aromatic rings. The Morgan fingerprint density at radius 1 is 1.41 bits per heavy atom. The van der Waals surface area contributed by atoms with E-state index in [1.807, 2.05) is 25.1 Å². The maximum absolute atomic E-state index is 11.1. The van der Waals surface area contributed by atoms with Crippen LogP contribution in [-0.2, 0) is 9.53 Å². The predicted octanol–water partition coefficient (Wildman–Crippen LogP) is 1.99. The van der Waals surface area contributed by atoms with Gasteiger partial charge in [0.15, 0.2) is 0 Å². The monoisotopic (exact) mass is 259 g/mol. The summed E-state index contributed by atoms with van der Waals surface area (Å²) < 4.78 is 9.72. The topological polar surface area (TPSA) is 61.5 Å². The van der Waals surface area contributed by atoms with Crippen LogP contribution in [0.3, 0.4) is 0 Å². The Kier molecular flexibility index (Phi) is 6.61. The number of esters is 1. The van der Waals surface area contributed by atoms with Gasteiger partial charge in [-0.05, 0) is 24.1 Å². The van der Waals surface area contributed by atoms with E-state index >= 15 is 0 Å². The number of methoxy groups -OCH3 is 2. The third-order valence-electron chi connectivity index (χ3n) is 2.46. The second kappa shape index (κ2) is 7.14. The third-order valence-corrected chi connectivity index (χ3v) is 2.46. The summed E-state index contributed by atoms with van der Waals surface area (Å²) in [6.07, 6.45) is 0.183. The molecule has 4 nitrogen and oxygen atoms in total. The smallest absolute Gasteiger partial charge is 0.307 e. The number of halogens is 1. The summed E-state index contributed by atoms with van der Waals surface area (Å²) in [5.41, 5.74) is 7.80. The molecule has 0 aromatic heterocycles. The van der Waals surface area contributed by atoms with Crippen molar-refractivity contribution in [1.82, 2.24) is 0 Å². The molecule has 0 aliphatic heterocycles. The largest absolute Gasteiger partial charge is 0.496 e. The number of rotatable bonds is 4. The van der Waals surface area contributed by atoms with Gasteiger partial charge in [-0.2, -0.15) is 0 Å². The van der Waals surface area contributed by atoms with Gasteiger partial charge in [0.25, 0.3) is 0 Å². The normalized spacial score (nSPS) is 11.3. The fraction of sp³-hybridized carbons (Fsp3) is 0.417. The maximum Gasteiger partial charge on any atom is 0.307 e. The Balaban J connectivity index is 0.00000256. The number of ether oxygens (including phenoxy) is 2. The number of carbonyl (C=O) groups excluding carboxylic acids is 1. The average Bonchev–Trinajstić information content (AvgIpc) is 2.28. The fourth-order valence-electron chi connectivity index (χ4n) is 1.51. The molecule has 1 aromatic carbocycles. The number of hydrogen-bond acceptors (Lipinski definition) is 4. The summed E-state index contributed by atoms with van der Waals surface area (Å²) >= 11 is 0. The van der Waals surface area contributed by atoms with E-state index in [-0.39, 0.29) is 30.8 Å². The molecule has 0 aliphatic carbocycles. The van der Waals surface area contributed by atoms with Crippen LogP contribution in [-0.4, -0.2) is 20.2 Å². The SMILES string of the molecule is COC(=O)C[C@H](N)c1ccc(OC)c(C)c1.Cl. The number of nitrogens with two attached hydrogens (primary N) is 1. The van der Waals surface area contributed by atoms with Crippen LogP contribution in [0.4, 0.5) is 0 Å². The van der Waals surface area contributed by atoms with Crippen molar-refractivity contribution in [2.45, 2.75) is 19.4 Å². The highest BCUT2D eigenvalue weighted by atomic mass is 35.5. The molecule has 0 saturated carbocycles. The summed E-state index contributed by atoms with van der Waals surface area (Å²) in [5, 5.41) is 0. The Morgan fingerprint density at radius 2 is 2.06 bits per heavy atom. The van der Waals surface area contributed by atoms with Crippen molar-refractivity contribution in [3.63, 3.8) is 0 Å². The highest BCUT2D eigenvalue weighted by molar-refractivity contribution is 5.85. The van der Waals surface area contributed by atoms with Crippen molar-refractivity contribution < 1.29 is 14.3 Å². The molecule has 0 aliphatic rings. The Labute approximate surface area is 108 Å². The van der Waals surface area contributed by atoms with Crippen LogP contribution in [0.5, 0.6) is 5.75 Å². The molecule has 0 unspecified atom stereocenters. The van der Waals surface area contributed by atoms with Crippen LogP contribution >= 0.6 is 12.4 Å². The molecular formula is C12H18ClNO3. The number of carbonyl (C=O) groups is 1. The molecule has 0 bridgehead atoms. The average molecular weight is 260 g/mol. The first kappa shape index (κ1) is 15.7. The molecule has 2 N–H and O–H groups in total. The van der Waals surface area contributed by atoms with Crippen LogP contribution in [0, 0.1) is 6.92 Å². The van der Waals surface area contributed by atoms with Gasteiger partial charge in [0.1, 0.15) is 5.75 Å². The highest BCUT2D eigenvalue weighted by Gasteiger charge is 2.12. The van der Waals surface area contributed by atoms with E-state index in [9.17, 15) is 4.79 Å². The maximum atomic E-state index is 11.1. The van der Waals surface area contributed by atoms with E-state index in [4.69, 9.17) is 10.5 Å². The van der Waals surface area contributed by atoms with E-state index in [2.05, 4.69) is 4.74 Å². The minimum Gasteiger partial charge on any atom is -0.496 e. The van der Waals surface area contributed by atoms with Gasteiger partial charge >= 0.3 is 5.97 Å². The molecule has 17 heavy (non-hydrogen) atoms. The van der Waals surface area contributed by atoms with Gasteiger partial charge in [-0.25, -0.2) is 0 Å². The van der Waals surface area contributed by atoms with Gasteiger partial charge < -0.3 is 15.2 Å². The molecule has 96 valence electrons. The fourth-order valence-corrected chi connectivity index (χ4v) is 1.51. The zero-order valence-corrected chi connectivity index (χ0v) is 11.0. The first-order valence-corrected chi connectivity index (χ1v) is 5.05. The Hall–Kier alpha value is -1.26. The van der Waals surface area contributed by atoms with E-state index in [0.29, 0.717) is 0 Å². The zero-order chi connectivity index (χ0) is 12.1. The van der Waals surface area contributed by atoms with E-state index < -0.39 is 0 Å². The molecular weight excluding hydrogens is 242 g/mol. The lowest BCUT2D eigenvalue weighted by atomic mass is 10.0. The summed E-state index contributed by atoms with van der Waals surface area (Å²) in [6, 6.07) is 5.30. The van der Waals surface area contributed by atoms with Crippen LogP contribution in [0.15, 0.2) is 18.2 Å². The summed E-state index contributed by atoms with van der Waals surface area (Å²) in [5.74, 6) is 0.509. The Morgan fingerprint density at radius 3 is 2.53 bits per heavy atom. The molecule has 0 amide bonds. The second-order valence-corrected chi connectivity index (χ2v) is 3.62. The van der Waals surface area contributed by atoms with Crippen molar-refractivity contribution in [2.24, 2.45) is 5.73 Å². The summed E-state index contributed by atoms with van der Waals surface area (Å²) in [4.78, 5) is 11.1. The van der Waals surface area contributed by atoms with Crippen molar-refractivity contribution in [3.05, 3.63) is 29.3 Å². The zero-order valence-electron chi connectivity index (χ0n) is 10.2. The van der Waals surface area contributed by atoms with E-state index in [1.54, 1.807) is 7.11 Å². The summed E-state index contributed by atoms with van der Waals surface area (Å²) in [6.45, 7) is 1.94.